The zero-order valence-electron chi connectivity index (χ0n) is 14.6. The molecule has 0 aliphatic rings. The molecule has 134 valence electrons. The first-order valence-corrected chi connectivity index (χ1v) is 8.59. The molecule has 1 atom stereocenters. The van der Waals surface area contributed by atoms with Gasteiger partial charge in [0.05, 0.1) is 11.6 Å². The van der Waals surface area contributed by atoms with Gasteiger partial charge >= 0.3 is 0 Å². The number of nitrogens with one attached hydrogen (secondary N) is 1. The number of nitrogens with zero attached hydrogens (tertiary/aromatic N) is 3. The number of benzene rings is 2. The van der Waals surface area contributed by atoms with Crippen molar-refractivity contribution in [2.45, 2.75) is 13.0 Å². The zero-order valence-corrected chi connectivity index (χ0v) is 14.6. The summed E-state index contributed by atoms with van der Waals surface area (Å²) in [6, 6.07) is 18.8. The Balaban J connectivity index is 1.66. The Morgan fingerprint density at radius 3 is 2.63 bits per heavy atom. The molecule has 0 saturated carbocycles. The second kappa shape index (κ2) is 6.99. The van der Waals surface area contributed by atoms with Gasteiger partial charge < -0.3 is 5.32 Å². The first-order valence-electron chi connectivity index (χ1n) is 8.59. The molecule has 6 heteroatoms. The van der Waals surface area contributed by atoms with Gasteiger partial charge in [-0.05, 0) is 42.3 Å². The average molecular weight is 360 g/mol. The molecule has 1 N–H and O–H groups in total. The van der Waals surface area contributed by atoms with Crippen LogP contribution in [0.4, 0.5) is 4.39 Å². The number of rotatable bonds is 4. The van der Waals surface area contributed by atoms with Crippen LogP contribution in [0.1, 0.15) is 29.1 Å². The molecule has 0 aliphatic heterocycles. The van der Waals surface area contributed by atoms with Crippen LogP contribution in [-0.4, -0.2) is 20.5 Å². The number of hydrogen-bond donors (Lipinski definition) is 1. The highest BCUT2D eigenvalue weighted by atomic mass is 19.1. The Bertz CT molecular complexity index is 1110. The molecule has 0 radical (unpaired) electrons. The van der Waals surface area contributed by atoms with Crippen LogP contribution in [0.5, 0.6) is 0 Å². The number of fused-ring (bicyclic) bond motifs is 1. The summed E-state index contributed by atoms with van der Waals surface area (Å²) in [6.07, 6.45) is 1.84. The van der Waals surface area contributed by atoms with Crippen LogP contribution in [-0.2, 0) is 0 Å². The van der Waals surface area contributed by atoms with Crippen molar-refractivity contribution in [3.63, 3.8) is 0 Å². The summed E-state index contributed by atoms with van der Waals surface area (Å²) in [5.41, 5.74) is 2.50. The third-order valence-corrected chi connectivity index (χ3v) is 4.39. The summed E-state index contributed by atoms with van der Waals surface area (Å²) in [5, 5.41) is 11.2. The molecular weight excluding hydrogens is 343 g/mol. The molecule has 0 unspecified atom stereocenters. The highest BCUT2D eigenvalue weighted by Gasteiger charge is 2.19. The maximum atomic E-state index is 13.8. The van der Waals surface area contributed by atoms with E-state index in [0.29, 0.717) is 17.0 Å². The van der Waals surface area contributed by atoms with Crippen LogP contribution in [0.2, 0.25) is 0 Å². The number of pyridine rings is 1. The zero-order chi connectivity index (χ0) is 18.8. The van der Waals surface area contributed by atoms with E-state index in [9.17, 15) is 9.18 Å². The number of carbonyl (C=O) groups is 1. The molecule has 0 spiro atoms. The summed E-state index contributed by atoms with van der Waals surface area (Å²) < 4.78 is 15.6. The lowest BCUT2D eigenvalue weighted by atomic mass is 9.99. The molecule has 2 heterocycles. The fourth-order valence-electron chi connectivity index (χ4n) is 3.07. The van der Waals surface area contributed by atoms with Crippen LogP contribution < -0.4 is 5.32 Å². The quantitative estimate of drug-likeness (QED) is 0.598. The maximum absolute atomic E-state index is 13.8. The molecule has 4 aromatic rings. The molecule has 0 aliphatic carbocycles. The standard InChI is InChI=1S/C21H17FN4O/c1-14(20-25-24-19-9-5-6-12-26(19)20)23-21(27)18-13-16(22)10-11-17(18)15-7-3-2-4-8-15/h2-14H,1H3,(H,23,27)/t14-/m0/s1. The largest absolute Gasteiger partial charge is 0.342 e. The average Bonchev–Trinajstić information content (AvgIpc) is 3.13. The van der Waals surface area contributed by atoms with Gasteiger partial charge in [-0.1, -0.05) is 42.5 Å². The number of halogens is 1. The van der Waals surface area contributed by atoms with Crippen molar-refractivity contribution in [2.24, 2.45) is 0 Å². The second-order valence-electron chi connectivity index (χ2n) is 6.24. The monoisotopic (exact) mass is 360 g/mol. The summed E-state index contributed by atoms with van der Waals surface area (Å²) in [7, 11) is 0. The predicted molar refractivity (Wildman–Crippen MR) is 101 cm³/mol. The van der Waals surface area contributed by atoms with Crippen molar-refractivity contribution in [1.82, 2.24) is 19.9 Å². The van der Waals surface area contributed by atoms with Crippen molar-refractivity contribution in [2.75, 3.05) is 0 Å². The maximum Gasteiger partial charge on any atom is 0.252 e. The second-order valence-corrected chi connectivity index (χ2v) is 6.24. The van der Waals surface area contributed by atoms with Crippen LogP contribution >= 0.6 is 0 Å². The lowest BCUT2D eigenvalue weighted by Gasteiger charge is -2.15. The fourth-order valence-corrected chi connectivity index (χ4v) is 3.07. The highest BCUT2D eigenvalue weighted by molar-refractivity contribution is 6.01. The minimum absolute atomic E-state index is 0.280. The first kappa shape index (κ1) is 16.9. The Hall–Kier alpha value is -3.54. The summed E-state index contributed by atoms with van der Waals surface area (Å²) in [5.74, 6) is -0.217. The van der Waals surface area contributed by atoms with Gasteiger partial charge in [-0.15, -0.1) is 10.2 Å². The lowest BCUT2D eigenvalue weighted by molar-refractivity contribution is 0.0938. The fraction of sp³-hybridized carbons (Fsp3) is 0.0952. The lowest BCUT2D eigenvalue weighted by Crippen LogP contribution is -2.28. The Morgan fingerprint density at radius 2 is 1.81 bits per heavy atom. The van der Waals surface area contributed by atoms with E-state index in [0.717, 1.165) is 5.56 Å². The van der Waals surface area contributed by atoms with Crippen LogP contribution in [0, 0.1) is 5.82 Å². The summed E-state index contributed by atoms with van der Waals surface area (Å²) in [6.45, 7) is 1.82. The van der Waals surface area contributed by atoms with Crippen LogP contribution in [0.25, 0.3) is 16.8 Å². The van der Waals surface area contributed by atoms with E-state index in [4.69, 9.17) is 0 Å². The van der Waals surface area contributed by atoms with Gasteiger partial charge in [0.1, 0.15) is 5.82 Å². The van der Waals surface area contributed by atoms with Crippen molar-refractivity contribution in [3.8, 4) is 11.1 Å². The van der Waals surface area contributed by atoms with Crippen molar-refractivity contribution >= 4 is 11.6 Å². The summed E-state index contributed by atoms with van der Waals surface area (Å²) >= 11 is 0. The van der Waals surface area contributed by atoms with Gasteiger partial charge in [-0.2, -0.15) is 0 Å². The first-order chi connectivity index (χ1) is 13.1. The highest BCUT2D eigenvalue weighted by Crippen LogP contribution is 2.25. The van der Waals surface area contributed by atoms with Crippen molar-refractivity contribution in [3.05, 3.63) is 90.1 Å². The molecule has 0 saturated heterocycles. The van der Waals surface area contributed by atoms with E-state index in [1.165, 1.54) is 12.1 Å². The van der Waals surface area contributed by atoms with Gasteiger partial charge in [0.15, 0.2) is 11.5 Å². The smallest absolute Gasteiger partial charge is 0.252 e. The van der Waals surface area contributed by atoms with E-state index in [2.05, 4.69) is 15.5 Å². The topological polar surface area (TPSA) is 59.3 Å². The minimum atomic E-state index is -0.458. The third-order valence-electron chi connectivity index (χ3n) is 4.39. The Labute approximate surface area is 155 Å². The molecule has 5 nitrogen and oxygen atoms in total. The normalized spacial score (nSPS) is 12.1. The van der Waals surface area contributed by atoms with Gasteiger partial charge in [0, 0.05) is 6.20 Å². The Morgan fingerprint density at radius 1 is 1.04 bits per heavy atom. The third kappa shape index (κ3) is 3.29. The molecule has 0 bridgehead atoms. The molecular formula is C21H17FN4O. The van der Waals surface area contributed by atoms with Gasteiger partial charge in [-0.25, -0.2) is 4.39 Å². The SMILES string of the molecule is C[C@H](NC(=O)c1cc(F)ccc1-c1ccccc1)c1nnc2ccccn12. The van der Waals surface area contributed by atoms with Crippen LogP contribution in [0.3, 0.4) is 0 Å². The van der Waals surface area contributed by atoms with Gasteiger partial charge in [0.2, 0.25) is 0 Å². The predicted octanol–water partition coefficient (Wildman–Crippen LogP) is 4.03. The molecule has 4 rings (SSSR count). The van der Waals surface area contributed by atoms with Gasteiger partial charge in [-0.3, -0.25) is 9.20 Å². The van der Waals surface area contributed by atoms with Crippen LogP contribution in [0.15, 0.2) is 72.9 Å². The number of carbonyl (C=O) groups excluding carboxylic acids is 1. The summed E-state index contributed by atoms with van der Waals surface area (Å²) in [4.78, 5) is 12.9. The van der Waals surface area contributed by atoms with E-state index < -0.39 is 11.9 Å². The minimum Gasteiger partial charge on any atom is -0.342 e. The van der Waals surface area contributed by atoms with Crippen molar-refractivity contribution < 1.29 is 9.18 Å². The van der Waals surface area contributed by atoms with E-state index in [-0.39, 0.29) is 11.5 Å². The van der Waals surface area contributed by atoms with E-state index in [1.807, 2.05) is 66.1 Å². The Kier molecular flexibility index (Phi) is 4.38. The molecule has 0 fully saturated rings. The molecule has 2 aromatic carbocycles. The number of aromatic nitrogens is 3. The van der Waals surface area contributed by atoms with Gasteiger partial charge in [0.25, 0.3) is 5.91 Å². The molecule has 27 heavy (non-hydrogen) atoms. The number of amides is 1. The van der Waals surface area contributed by atoms with E-state index >= 15 is 0 Å². The van der Waals surface area contributed by atoms with E-state index in [1.54, 1.807) is 6.07 Å². The van der Waals surface area contributed by atoms with Crippen molar-refractivity contribution in [1.29, 1.82) is 0 Å². The molecule has 1 amide bonds. The number of hydrogen-bond acceptors (Lipinski definition) is 3. The molecule has 2 aromatic heterocycles.